The zero-order valence-corrected chi connectivity index (χ0v) is 18.6. The Morgan fingerprint density at radius 2 is 1.87 bits per heavy atom. The van der Waals surface area contributed by atoms with Crippen LogP contribution in [0.4, 0.5) is 5.69 Å². The lowest BCUT2D eigenvalue weighted by molar-refractivity contribution is -0.130. The molecule has 4 rings (SSSR count). The number of likely N-dealkylation sites (tertiary alicyclic amines) is 1. The molecule has 0 spiro atoms. The van der Waals surface area contributed by atoms with Crippen LogP contribution in [0.5, 0.6) is 0 Å². The fourth-order valence-corrected chi connectivity index (χ4v) is 5.13. The molecule has 2 atom stereocenters. The van der Waals surface area contributed by atoms with Gasteiger partial charge in [0.15, 0.2) is 0 Å². The number of hydrogen-bond donors (Lipinski definition) is 1. The normalized spacial score (nSPS) is 21.5. The number of hydrogen-bond acceptors (Lipinski definition) is 4. The first-order chi connectivity index (χ1) is 15.3. The van der Waals surface area contributed by atoms with Crippen LogP contribution in [0.3, 0.4) is 0 Å². The summed E-state index contributed by atoms with van der Waals surface area (Å²) >= 11 is 0. The third-order valence-electron chi connectivity index (χ3n) is 6.68. The summed E-state index contributed by atoms with van der Waals surface area (Å²) in [6, 6.07) is 19.3. The molecule has 166 valence electrons. The Balaban J connectivity index is 1.34. The third-order valence-corrected chi connectivity index (χ3v) is 6.68. The largest absolute Gasteiger partial charge is 0.383 e. The molecular weight excluding hydrogens is 386 g/mol. The Kier molecular flexibility index (Phi) is 7.60. The van der Waals surface area contributed by atoms with Gasteiger partial charge in [0, 0.05) is 45.0 Å². The molecule has 2 aliphatic heterocycles. The minimum Gasteiger partial charge on any atom is -0.383 e. The van der Waals surface area contributed by atoms with Crippen molar-refractivity contribution in [2.75, 3.05) is 44.8 Å². The zero-order valence-electron chi connectivity index (χ0n) is 18.6. The van der Waals surface area contributed by atoms with Gasteiger partial charge in [0.05, 0.1) is 12.5 Å². The number of rotatable bonds is 8. The molecule has 1 fully saturated rings. The number of aryl methyl sites for hydroxylation is 1. The number of nitrogens with zero attached hydrogens (tertiary/aromatic N) is 2. The molecule has 1 N–H and O–H groups in total. The maximum absolute atomic E-state index is 13.2. The van der Waals surface area contributed by atoms with Gasteiger partial charge in [-0.05, 0) is 49.4 Å². The van der Waals surface area contributed by atoms with Crippen molar-refractivity contribution < 1.29 is 9.53 Å². The standard InChI is InChI=1S/C26H35N3O2/c1-31-20-25-23(13-8-17-29(25)19-21-9-3-2-4-10-21)26(30)27-15-18-28-16-7-12-22-11-5-6-14-24(22)28/h2-6,9-11,14,23,25H,7-8,12-13,15-20H2,1H3,(H,27,30)/t23-,25-/m1/s1. The maximum atomic E-state index is 13.2. The summed E-state index contributed by atoms with van der Waals surface area (Å²) in [6.07, 6.45) is 4.30. The molecule has 5 nitrogen and oxygen atoms in total. The van der Waals surface area contributed by atoms with Crippen LogP contribution in [0, 0.1) is 5.92 Å². The lowest BCUT2D eigenvalue weighted by atomic mass is 9.88. The number of methoxy groups -OCH3 is 1. The van der Waals surface area contributed by atoms with Crippen molar-refractivity contribution in [3.8, 4) is 0 Å². The molecule has 31 heavy (non-hydrogen) atoms. The van der Waals surface area contributed by atoms with E-state index in [9.17, 15) is 4.79 Å². The topological polar surface area (TPSA) is 44.8 Å². The summed E-state index contributed by atoms with van der Waals surface area (Å²) in [5.74, 6) is 0.149. The fraction of sp³-hybridized carbons (Fsp3) is 0.500. The van der Waals surface area contributed by atoms with Gasteiger partial charge >= 0.3 is 0 Å². The highest BCUT2D eigenvalue weighted by Crippen LogP contribution is 2.27. The Labute approximate surface area is 186 Å². The zero-order chi connectivity index (χ0) is 21.5. The molecule has 0 unspecified atom stereocenters. The molecule has 0 bridgehead atoms. The predicted octanol–water partition coefficient (Wildman–Crippen LogP) is 3.48. The van der Waals surface area contributed by atoms with E-state index < -0.39 is 0 Å². The molecule has 0 aromatic heterocycles. The Hall–Kier alpha value is -2.37. The second-order valence-corrected chi connectivity index (χ2v) is 8.74. The van der Waals surface area contributed by atoms with Gasteiger partial charge in [0.2, 0.25) is 5.91 Å². The molecule has 1 saturated heterocycles. The van der Waals surface area contributed by atoms with E-state index in [1.807, 2.05) is 6.07 Å². The quantitative estimate of drug-likeness (QED) is 0.709. The molecule has 1 amide bonds. The number of fused-ring (bicyclic) bond motifs is 1. The van der Waals surface area contributed by atoms with Gasteiger partial charge in [0.25, 0.3) is 0 Å². The second-order valence-electron chi connectivity index (χ2n) is 8.74. The highest BCUT2D eigenvalue weighted by molar-refractivity contribution is 5.79. The number of carbonyl (C=O) groups is 1. The van der Waals surface area contributed by atoms with Crippen LogP contribution >= 0.6 is 0 Å². The summed E-state index contributed by atoms with van der Waals surface area (Å²) in [6.45, 7) is 5.07. The first-order valence-electron chi connectivity index (χ1n) is 11.6. The first kappa shape index (κ1) is 21.8. The molecule has 2 aromatic carbocycles. The SMILES string of the molecule is COC[C@@H]1[C@H](C(=O)NCCN2CCCc3ccccc32)CCCN1Cc1ccccc1. The number of amides is 1. The molecule has 0 radical (unpaired) electrons. The number of ether oxygens (including phenoxy) is 1. The van der Waals surface area contributed by atoms with Gasteiger partial charge in [0.1, 0.15) is 0 Å². The Bertz CT molecular complexity index is 842. The van der Waals surface area contributed by atoms with Crippen LogP contribution in [-0.4, -0.2) is 56.7 Å². The van der Waals surface area contributed by atoms with Gasteiger partial charge in [-0.25, -0.2) is 0 Å². The summed E-state index contributed by atoms with van der Waals surface area (Å²) < 4.78 is 5.54. The highest BCUT2D eigenvalue weighted by atomic mass is 16.5. The van der Waals surface area contributed by atoms with Gasteiger partial charge in [-0.3, -0.25) is 9.69 Å². The third kappa shape index (κ3) is 5.46. The summed E-state index contributed by atoms with van der Waals surface area (Å²) in [7, 11) is 1.73. The molecule has 2 aromatic rings. The predicted molar refractivity (Wildman–Crippen MR) is 125 cm³/mol. The van der Waals surface area contributed by atoms with Crippen LogP contribution < -0.4 is 10.2 Å². The van der Waals surface area contributed by atoms with E-state index in [-0.39, 0.29) is 17.9 Å². The van der Waals surface area contributed by atoms with Crippen molar-refractivity contribution in [1.29, 1.82) is 0 Å². The number of piperidine rings is 1. The van der Waals surface area contributed by atoms with Crippen molar-refractivity contribution in [1.82, 2.24) is 10.2 Å². The maximum Gasteiger partial charge on any atom is 0.224 e. The van der Waals surface area contributed by atoms with E-state index >= 15 is 0 Å². The van der Waals surface area contributed by atoms with Crippen molar-refractivity contribution >= 4 is 11.6 Å². The molecule has 2 heterocycles. The Morgan fingerprint density at radius 1 is 1.06 bits per heavy atom. The van der Waals surface area contributed by atoms with Crippen molar-refractivity contribution in [3.63, 3.8) is 0 Å². The number of benzene rings is 2. The highest BCUT2D eigenvalue weighted by Gasteiger charge is 2.35. The fourth-order valence-electron chi connectivity index (χ4n) is 5.13. The monoisotopic (exact) mass is 421 g/mol. The summed E-state index contributed by atoms with van der Waals surface area (Å²) in [5.41, 5.74) is 4.03. The minimum absolute atomic E-state index is 0.0222. The van der Waals surface area contributed by atoms with Crippen LogP contribution in [0.1, 0.15) is 30.4 Å². The van der Waals surface area contributed by atoms with E-state index in [0.717, 1.165) is 45.4 Å². The van der Waals surface area contributed by atoms with Gasteiger partial charge in [-0.1, -0.05) is 48.5 Å². The number of carbonyl (C=O) groups excluding carboxylic acids is 1. The molecule has 5 heteroatoms. The van der Waals surface area contributed by atoms with Crippen LogP contribution in [0.15, 0.2) is 54.6 Å². The summed E-state index contributed by atoms with van der Waals surface area (Å²) in [4.78, 5) is 18.0. The van der Waals surface area contributed by atoms with E-state index in [0.29, 0.717) is 13.2 Å². The number of nitrogens with one attached hydrogen (secondary N) is 1. The van der Waals surface area contributed by atoms with E-state index in [1.165, 1.54) is 23.2 Å². The van der Waals surface area contributed by atoms with Gasteiger partial charge in [-0.15, -0.1) is 0 Å². The lowest BCUT2D eigenvalue weighted by Gasteiger charge is -2.40. The first-order valence-corrected chi connectivity index (χ1v) is 11.6. The van der Waals surface area contributed by atoms with E-state index in [1.54, 1.807) is 7.11 Å². The molecule has 0 aliphatic carbocycles. The van der Waals surface area contributed by atoms with Gasteiger partial charge in [-0.2, -0.15) is 0 Å². The average molecular weight is 422 g/mol. The number of para-hydroxylation sites is 1. The number of anilines is 1. The van der Waals surface area contributed by atoms with Crippen LogP contribution in [-0.2, 0) is 22.5 Å². The van der Waals surface area contributed by atoms with Crippen molar-refractivity contribution in [3.05, 3.63) is 65.7 Å². The smallest absolute Gasteiger partial charge is 0.224 e. The Morgan fingerprint density at radius 3 is 2.71 bits per heavy atom. The molecule has 2 aliphatic rings. The summed E-state index contributed by atoms with van der Waals surface area (Å²) in [5, 5.41) is 3.24. The average Bonchev–Trinajstić information content (AvgIpc) is 2.81. The minimum atomic E-state index is -0.0222. The van der Waals surface area contributed by atoms with Crippen LogP contribution in [0.2, 0.25) is 0 Å². The molecular formula is C26H35N3O2. The van der Waals surface area contributed by atoms with Crippen molar-refractivity contribution in [2.24, 2.45) is 5.92 Å². The molecule has 0 saturated carbocycles. The van der Waals surface area contributed by atoms with E-state index in [2.05, 4.69) is 63.6 Å². The van der Waals surface area contributed by atoms with Crippen molar-refractivity contribution in [2.45, 2.75) is 38.3 Å². The van der Waals surface area contributed by atoms with E-state index in [4.69, 9.17) is 4.74 Å². The van der Waals surface area contributed by atoms with Gasteiger partial charge < -0.3 is 15.0 Å². The lowest BCUT2D eigenvalue weighted by Crippen LogP contribution is -2.53. The second kappa shape index (κ2) is 10.8. The van der Waals surface area contributed by atoms with Crippen LogP contribution in [0.25, 0.3) is 0 Å².